The summed E-state index contributed by atoms with van der Waals surface area (Å²) in [5.74, 6) is 0.398. The highest BCUT2D eigenvalue weighted by Crippen LogP contribution is 2.32. The van der Waals surface area contributed by atoms with Crippen molar-refractivity contribution in [2.24, 2.45) is 11.3 Å². The molecule has 0 aromatic heterocycles. The lowest BCUT2D eigenvalue weighted by Gasteiger charge is -2.33. The van der Waals surface area contributed by atoms with Crippen molar-refractivity contribution in [1.82, 2.24) is 15.5 Å². The maximum atomic E-state index is 13.0. The first-order chi connectivity index (χ1) is 15.8. The summed E-state index contributed by atoms with van der Waals surface area (Å²) in [6, 6.07) is 8.67. The molecule has 1 aliphatic carbocycles. The zero-order chi connectivity index (χ0) is 23.6. The van der Waals surface area contributed by atoms with Crippen LogP contribution in [0.15, 0.2) is 30.5 Å². The van der Waals surface area contributed by atoms with Gasteiger partial charge < -0.3 is 15.5 Å². The molecule has 1 saturated heterocycles. The van der Waals surface area contributed by atoms with Crippen LogP contribution < -0.4 is 10.6 Å². The van der Waals surface area contributed by atoms with Gasteiger partial charge in [-0.25, -0.2) is 0 Å². The summed E-state index contributed by atoms with van der Waals surface area (Å²) >= 11 is 0. The summed E-state index contributed by atoms with van der Waals surface area (Å²) < 4.78 is 0. The Kier molecular flexibility index (Phi) is 6.90. The van der Waals surface area contributed by atoms with Crippen LogP contribution in [0.5, 0.6) is 0 Å². The summed E-state index contributed by atoms with van der Waals surface area (Å²) in [4.78, 5) is 27.1. The van der Waals surface area contributed by atoms with Gasteiger partial charge in [-0.05, 0) is 82.0 Å². The van der Waals surface area contributed by atoms with Crippen LogP contribution in [-0.4, -0.2) is 35.3 Å². The SMILES string of the molecule is C=C1CCC(N2Cc3cc(C[C@H]4CCCC[C@@H]4NCCC(C)(C)C#N)ccc3C2=O)C(=O)N1. The van der Waals surface area contributed by atoms with E-state index < -0.39 is 6.04 Å². The predicted octanol–water partition coefficient (Wildman–Crippen LogP) is 4.07. The van der Waals surface area contributed by atoms with E-state index in [-0.39, 0.29) is 17.2 Å². The number of carbonyl (C=O) groups excluding carboxylic acids is 2. The molecule has 1 aromatic rings. The van der Waals surface area contributed by atoms with Crippen molar-refractivity contribution in [2.75, 3.05) is 6.54 Å². The van der Waals surface area contributed by atoms with E-state index in [2.05, 4.69) is 35.4 Å². The van der Waals surface area contributed by atoms with Crippen molar-refractivity contribution < 1.29 is 9.59 Å². The van der Waals surface area contributed by atoms with E-state index in [0.717, 1.165) is 36.2 Å². The Morgan fingerprint density at radius 1 is 1.24 bits per heavy atom. The Bertz CT molecular complexity index is 977. The molecule has 3 atom stereocenters. The lowest BCUT2D eigenvalue weighted by Crippen LogP contribution is -2.49. The van der Waals surface area contributed by atoms with Crippen LogP contribution in [0.3, 0.4) is 0 Å². The average molecular weight is 449 g/mol. The smallest absolute Gasteiger partial charge is 0.255 e. The quantitative estimate of drug-likeness (QED) is 0.659. The minimum atomic E-state index is -0.413. The molecule has 2 heterocycles. The molecule has 1 aromatic carbocycles. The molecule has 4 rings (SSSR count). The van der Waals surface area contributed by atoms with Gasteiger partial charge in [0.2, 0.25) is 5.91 Å². The number of fused-ring (bicyclic) bond motifs is 1. The lowest BCUT2D eigenvalue weighted by molar-refractivity contribution is -0.126. The van der Waals surface area contributed by atoms with Gasteiger partial charge in [-0.2, -0.15) is 5.26 Å². The molecule has 2 N–H and O–H groups in total. The number of rotatable bonds is 7. The molecule has 0 radical (unpaired) electrons. The second-order valence-electron chi connectivity index (χ2n) is 10.6. The van der Waals surface area contributed by atoms with Gasteiger partial charge >= 0.3 is 0 Å². The highest BCUT2D eigenvalue weighted by Gasteiger charge is 2.38. The number of benzene rings is 1. The van der Waals surface area contributed by atoms with Gasteiger partial charge in [0.05, 0.1) is 11.5 Å². The summed E-state index contributed by atoms with van der Waals surface area (Å²) in [6.07, 6.45) is 8.07. The van der Waals surface area contributed by atoms with Gasteiger partial charge in [0.1, 0.15) is 6.04 Å². The van der Waals surface area contributed by atoms with Crippen LogP contribution in [0.4, 0.5) is 0 Å². The number of hydrogen-bond donors (Lipinski definition) is 2. The van der Waals surface area contributed by atoms with E-state index in [1.807, 2.05) is 19.9 Å². The number of allylic oxidation sites excluding steroid dienone is 1. The molecule has 0 spiro atoms. The van der Waals surface area contributed by atoms with Gasteiger partial charge in [0.15, 0.2) is 0 Å². The average Bonchev–Trinajstić information content (AvgIpc) is 3.10. The topological polar surface area (TPSA) is 85.2 Å². The number of amides is 2. The molecular weight excluding hydrogens is 412 g/mol. The van der Waals surface area contributed by atoms with Gasteiger partial charge in [-0.3, -0.25) is 9.59 Å². The van der Waals surface area contributed by atoms with Crippen LogP contribution in [0.25, 0.3) is 0 Å². The molecule has 1 unspecified atom stereocenters. The Balaban J connectivity index is 1.40. The van der Waals surface area contributed by atoms with Crippen molar-refractivity contribution >= 4 is 11.8 Å². The fourth-order valence-corrected chi connectivity index (χ4v) is 5.48. The number of piperidine rings is 1. The summed E-state index contributed by atoms with van der Waals surface area (Å²) in [7, 11) is 0. The molecule has 3 aliphatic rings. The van der Waals surface area contributed by atoms with Crippen molar-refractivity contribution in [3.63, 3.8) is 0 Å². The molecule has 2 aliphatic heterocycles. The largest absolute Gasteiger partial charge is 0.329 e. The maximum Gasteiger partial charge on any atom is 0.255 e. The standard InChI is InChI=1S/C27H36N4O2/c1-18-8-11-24(25(32)30-18)31-16-21-15-19(9-10-22(21)26(31)33)14-20-6-4-5-7-23(20)29-13-12-27(2,3)17-28/h9-10,15,20,23-24,29H,1,4-8,11-14,16H2,2-3H3,(H,30,32)/t20-,23+,24?/m1/s1. The number of nitriles is 1. The molecule has 176 valence electrons. The van der Waals surface area contributed by atoms with E-state index in [1.54, 1.807) is 4.90 Å². The second kappa shape index (κ2) is 9.69. The molecular formula is C27H36N4O2. The van der Waals surface area contributed by atoms with E-state index in [9.17, 15) is 14.9 Å². The molecule has 2 amide bonds. The zero-order valence-corrected chi connectivity index (χ0v) is 20.0. The van der Waals surface area contributed by atoms with Crippen LogP contribution in [0, 0.1) is 22.7 Å². The van der Waals surface area contributed by atoms with Crippen molar-refractivity contribution in [2.45, 2.75) is 83.8 Å². The summed E-state index contributed by atoms with van der Waals surface area (Å²) in [5.41, 5.74) is 3.46. The minimum absolute atomic E-state index is 0.0403. The van der Waals surface area contributed by atoms with Crippen molar-refractivity contribution in [3.05, 3.63) is 47.2 Å². The number of hydrogen-bond acceptors (Lipinski definition) is 4. The Hall–Kier alpha value is -2.65. The second-order valence-corrected chi connectivity index (χ2v) is 10.6. The number of nitrogens with one attached hydrogen (secondary N) is 2. The first-order valence-corrected chi connectivity index (χ1v) is 12.3. The van der Waals surface area contributed by atoms with Crippen LogP contribution in [-0.2, 0) is 17.8 Å². The van der Waals surface area contributed by atoms with E-state index in [1.165, 1.54) is 31.2 Å². The zero-order valence-electron chi connectivity index (χ0n) is 20.0. The van der Waals surface area contributed by atoms with Crippen LogP contribution in [0.2, 0.25) is 0 Å². The number of nitrogens with zero attached hydrogens (tertiary/aromatic N) is 2. The van der Waals surface area contributed by atoms with E-state index in [4.69, 9.17) is 0 Å². The highest BCUT2D eigenvalue weighted by atomic mass is 16.2. The fraction of sp³-hybridized carbons (Fsp3) is 0.593. The monoisotopic (exact) mass is 448 g/mol. The molecule has 2 fully saturated rings. The normalized spacial score (nSPS) is 25.5. The Morgan fingerprint density at radius 3 is 2.79 bits per heavy atom. The van der Waals surface area contributed by atoms with Gasteiger partial charge in [-0.1, -0.05) is 31.6 Å². The number of carbonyl (C=O) groups is 2. The van der Waals surface area contributed by atoms with Crippen molar-refractivity contribution in [1.29, 1.82) is 5.26 Å². The third-order valence-electron chi connectivity index (χ3n) is 7.57. The molecule has 6 heteroatoms. The first-order valence-electron chi connectivity index (χ1n) is 12.3. The molecule has 0 bridgehead atoms. The Morgan fingerprint density at radius 2 is 2.03 bits per heavy atom. The van der Waals surface area contributed by atoms with Crippen molar-refractivity contribution in [3.8, 4) is 6.07 Å². The third-order valence-corrected chi connectivity index (χ3v) is 7.57. The molecule has 6 nitrogen and oxygen atoms in total. The molecule has 1 saturated carbocycles. The fourth-order valence-electron chi connectivity index (χ4n) is 5.48. The maximum absolute atomic E-state index is 13.0. The van der Waals surface area contributed by atoms with Gasteiger partial charge in [-0.15, -0.1) is 0 Å². The Labute approximate surface area is 197 Å². The highest BCUT2D eigenvalue weighted by molar-refractivity contribution is 6.01. The van der Waals surface area contributed by atoms with Gasteiger partial charge in [0.25, 0.3) is 5.91 Å². The minimum Gasteiger partial charge on any atom is -0.329 e. The first kappa shape index (κ1) is 23.5. The van der Waals surface area contributed by atoms with Crippen LogP contribution >= 0.6 is 0 Å². The summed E-state index contributed by atoms with van der Waals surface area (Å²) in [5, 5.41) is 15.8. The molecule has 33 heavy (non-hydrogen) atoms. The third kappa shape index (κ3) is 5.30. The summed E-state index contributed by atoms with van der Waals surface area (Å²) in [6.45, 7) is 9.20. The van der Waals surface area contributed by atoms with Crippen LogP contribution in [0.1, 0.15) is 80.3 Å². The van der Waals surface area contributed by atoms with Gasteiger partial charge in [0, 0.05) is 23.8 Å². The van der Waals surface area contributed by atoms with E-state index in [0.29, 0.717) is 31.3 Å². The predicted molar refractivity (Wildman–Crippen MR) is 128 cm³/mol. The lowest BCUT2D eigenvalue weighted by atomic mass is 9.80. The van der Waals surface area contributed by atoms with E-state index >= 15 is 0 Å².